The van der Waals surface area contributed by atoms with E-state index >= 15 is 0 Å². The van der Waals surface area contributed by atoms with Crippen LogP contribution in [0.4, 0.5) is 0 Å². The summed E-state index contributed by atoms with van der Waals surface area (Å²) >= 11 is 0. The van der Waals surface area contributed by atoms with Crippen molar-refractivity contribution in [2.45, 2.75) is 43.9 Å². The summed E-state index contributed by atoms with van der Waals surface area (Å²) in [7, 11) is 0. The van der Waals surface area contributed by atoms with Gasteiger partial charge in [0, 0.05) is 6.20 Å². The Labute approximate surface area is 103 Å². The van der Waals surface area contributed by atoms with Crippen molar-refractivity contribution in [3.8, 4) is 0 Å². The minimum atomic E-state index is 0.444. The van der Waals surface area contributed by atoms with Crippen LogP contribution in [-0.2, 0) is 5.41 Å². The van der Waals surface area contributed by atoms with Crippen molar-refractivity contribution >= 4 is 5.57 Å². The summed E-state index contributed by atoms with van der Waals surface area (Å²) in [5.41, 5.74) is 5.42. The van der Waals surface area contributed by atoms with Crippen LogP contribution in [0.5, 0.6) is 0 Å². The Bertz CT molecular complexity index is 500. The largest absolute Gasteiger partial charge is 0.256 e. The lowest BCUT2D eigenvalue weighted by Gasteiger charge is -2.27. The molecule has 0 spiro atoms. The topological polar surface area (TPSA) is 12.9 Å². The third-order valence-corrected chi connectivity index (χ3v) is 4.81. The van der Waals surface area contributed by atoms with Gasteiger partial charge in [-0.3, -0.25) is 4.98 Å². The van der Waals surface area contributed by atoms with Crippen molar-refractivity contribution in [3.63, 3.8) is 0 Å². The van der Waals surface area contributed by atoms with Gasteiger partial charge in [0.05, 0.1) is 5.69 Å². The molecule has 2 bridgehead atoms. The van der Waals surface area contributed by atoms with Crippen LogP contribution in [0.3, 0.4) is 0 Å². The Morgan fingerprint density at radius 1 is 1.65 bits per heavy atom. The number of pyridine rings is 1. The van der Waals surface area contributed by atoms with Crippen LogP contribution < -0.4 is 0 Å². The van der Waals surface area contributed by atoms with Crippen molar-refractivity contribution in [2.75, 3.05) is 0 Å². The van der Waals surface area contributed by atoms with Crippen LogP contribution in [0.2, 0.25) is 0 Å². The average Bonchev–Trinajstić information content (AvgIpc) is 2.95. The van der Waals surface area contributed by atoms with Gasteiger partial charge >= 0.3 is 0 Å². The number of hydrogen-bond donors (Lipinski definition) is 0. The van der Waals surface area contributed by atoms with Gasteiger partial charge in [-0.15, -0.1) is 0 Å². The van der Waals surface area contributed by atoms with E-state index in [1.807, 2.05) is 0 Å². The van der Waals surface area contributed by atoms with Crippen molar-refractivity contribution in [2.24, 2.45) is 0 Å². The first-order chi connectivity index (χ1) is 8.20. The summed E-state index contributed by atoms with van der Waals surface area (Å²) in [4.78, 5) is 4.53. The Morgan fingerprint density at radius 2 is 2.47 bits per heavy atom. The summed E-state index contributed by atoms with van der Waals surface area (Å²) in [6.07, 6.45) is 9.17. The molecule has 0 amide bonds. The number of hydrogen-bond acceptors (Lipinski definition) is 1. The standard InChI is InChI=1S/C16H19N/c1-4-11(3)15-8-14-13(10-17-15)12-6-7-16(14,5-2)9-12/h4,8,10,12H,1,3,5-7,9H2,2H3. The fraction of sp³-hybridized carbons (Fsp3) is 0.438. The maximum Gasteiger partial charge on any atom is 0.0698 e. The molecule has 17 heavy (non-hydrogen) atoms. The summed E-state index contributed by atoms with van der Waals surface area (Å²) in [6, 6.07) is 2.27. The Kier molecular flexibility index (Phi) is 2.25. The summed E-state index contributed by atoms with van der Waals surface area (Å²) in [6.45, 7) is 10.1. The maximum atomic E-state index is 4.53. The zero-order chi connectivity index (χ0) is 12.0. The number of rotatable bonds is 3. The molecule has 1 aromatic heterocycles. The minimum Gasteiger partial charge on any atom is -0.256 e. The number of allylic oxidation sites excluding steroid dienone is 2. The van der Waals surface area contributed by atoms with Gasteiger partial charge in [0.25, 0.3) is 0 Å². The van der Waals surface area contributed by atoms with Gasteiger partial charge in [0.1, 0.15) is 0 Å². The SMILES string of the molecule is C=CC(=C)c1cc2c(cn1)C1CCC2(CC)C1. The molecule has 2 atom stereocenters. The Balaban J connectivity index is 2.12. The van der Waals surface area contributed by atoms with Crippen molar-refractivity contribution in [3.05, 3.63) is 48.3 Å². The molecule has 0 radical (unpaired) electrons. The van der Waals surface area contributed by atoms with Gasteiger partial charge in [0.15, 0.2) is 0 Å². The predicted octanol–water partition coefficient (Wildman–Crippen LogP) is 4.21. The zero-order valence-electron chi connectivity index (χ0n) is 10.5. The monoisotopic (exact) mass is 225 g/mol. The van der Waals surface area contributed by atoms with Crippen LogP contribution in [-0.4, -0.2) is 4.98 Å². The van der Waals surface area contributed by atoms with E-state index < -0.39 is 0 Å². The van der Waals surface area contributed by atoms with Gasteiger partial charge in [-0.1, -0.05) is 26.2 Å². The molecular weight excluding hydrogens is 206 g/mol. The molecule has 0 aromatic carbocycles. The van der Waals surface area contributed by atoms with E-state index in [1.54, 1.807) is 11.6 Å². The fourth-order valence-corrected chi connectivity index (χ4v) is 3.68. The molecule has 1 saturated carbocycles. The van der Waals surface area contributed by atoms with E-state index in [9.17, 15) is 0 Å². The molecule has 1 fully saturated rings. The first-order valence-corrected chi connectivity index (χ1v) is 6.52. The molecular formula is C16H19N. The molecule has 0 saturated heterocycles. The first-order valence-electron chi connectivity index (χ1n) is 6.52. The molecule has 1 heteroatoms. The molecule has 2 aliphatic carbocycles. The second kappa shape index (κ2) is 3.56. The zero-order valence-corrected chi connectivity index (χ0v) is 10.5. The maximum absolute atomic E-state index is 4.53. The second-order valence-corrected chi connectivity index (χ2v) is 5.46. The lowest BCUT2D eigenvalue weighted by Crippen LogP contribution is -2.20. The second-order valence-electron chi connectivity index (χ2n) is 5.46. The molecule has 0 N–H and O–H groups in total. The van der Waals surface area contributed by atoms with Crippen molar-refractivity contribution in [1.82, 2.24) is 4.98 Å². The highest BCUT2D eigenvalue weighted by atomic mass is 14.7. The van der Waals surface area contributed by atoms with Crippen LogP contribution in [0.15, 0.2) is 31.5 Å². The van der Waals surface area contributed by atoms with E-state index in [2.05, 4.69) is 37.3 Å². The van der Waals surface area contributed by atoms with E-state index in [0.717, 1.165) is 17.2 Å². The Morgan fingerprint density at radius 3 is 3.18 bits per heavy atom. The molecule has 2 unspecified atom stereocenters. The molecule has 1 heterocycles. The molecule has 88 valence electrons. The Hall–Kier alpha value is -1.37. The number of fused-ring (bicyclic) bond motifs is 5. The predicted molar refractivity (Wildman–Crippen MR) is 72.0 cm³/mol. The summed E-state index contributed by atoms with van der Waals surface area (Å²) < 4.78 is 0. The smallest absolute Gasteiger partial charge is 0.0698 e. The number of nitrogens with zero attached hydrogens (tertiary/aromatic N) is 1. The third kappa shape index (κ3) is 1.35. The van der Waals surface area contributed by atoms with E-state index in [-0.39, 0.29) is 0 Å². The van der Waals surface area contributed by atoms with Gasteiger partial charge in [0.2, 0.25) is 0 Å². The van der Waals surface area contributed by atoms with Crippen LogP contribution in [0.1, 0.15) is 55.3 Å². The van der Waals surface area contributed by atoms with Crippen molar-refractivity contribution < 1.29 is 0 Å². The normalized spacial score (nSPS) is 29.1. The summed E-state index contributed by atoms with van der Waals surface area (Å²) in [5, 5.41) is 0. The molecule has 1 aromatic rings. The lowest BCUT2D eigenvalue weighted by molar-refractivity contribution is 0.436. The highest BCUT2D eigenvalue weighted by Gasteiger charge is 2.47. The third-order valence-electron chi connectivity index (χ3n) is 4.81. The van der Waals surface area contributed by atoms with Gasteiger partial charge in [-0.25, -0.2) is 0 Å². The molecule has 2 aliphatic rings. The highest BCUT2D eigenvalue weighted by molar-refractivity contribution is 5.70. The fourth-order valence-electron chi connectivity index (χ4n) is 3.68. The average molecular weight is 225 g/mol. The molecule has 3 rings (SSSR count). The molecule has 1 nitrogen and oxygen atoms in total. The van der Waals surface area contributed by atoms with Crippen LogP contribution >= 0.6 is 0 Å². The van der Waals surface area contributed by atoms with Gasteiger partial charge in [-0.05, 0) is 59.8 Å². The minimum absolute atomic E-state index is 0.444. The first kappa shape index (κ1) is 10.8. The van der Waals surface area contributed by atoms with Gasteiger partial charge in [-0.2, -0.15) is 0 Å². The van der Waals surface area contributed by atoms with Crippen molar-refractivity contribution in [1.29, 1.82) is 0 Å². The van der Waals surface area contributed by atoms with E-state index in [0.29, 0.717) is 5.41 Å². The number of aromatic nitrogens is 1. The highest BCUT2D eigenvalue weighted by Crippen LogP contribution is 2.58. The van der Waals surface area contributed by atoms with Gasteiger partial charge < -0.3 is 0 Å². The van der Waals surface area contributed by atoms with Crippen LogP contribution in [0, 0.1) is 0 Å². The van der Waals surface area contributed by atoms with E-state index in [1.165, 1.54) is 31.2 Å². The quantitative estimate of drug-likeness (QED) is 0.702. The van der Waals surface area contributed by atoms with E-state index in [4.69, 9.17) is 0 Å². The van der Waals surface area contributed by atoms with Crippen LogP contribution in [0.25, 0.3) is 5.57 Å². The lowest BCUT2D eigenvalue weighted by atomic mass is 9.77. The summed E-state index contributed by atoms with van der Waals surface area (Å²) in [5.74, 6) is 0.767. The molecule has 0 aliphatic heterocycles.